The second-order valence-electron chi connectivity index (χ2n) is 3.00. The highest BCUT2D eigenvalue weighted by Crippen LogP contribution is 2.15. The number of nitrogens with one attached hydrogen (secondary N) is 1. The van der Waals surface area contributed by atoms with E-state index >= 15 is 0 Å². The fraction of sp³-hybridized carbons (Fsp3) is 0.750. The van der Waals surface area contributed by atoms with Crippen LogP contribution in [0.5, 0.6) is 0 Å². The molecule has 4 nitrogen and oxygen atoms in total. The first-order valence-electron chi connectivity index (χ1n) is 4.28. The fourth-order valence-corrected chi connectivity index (χ4v) is 1.50. The number of ether oxygens (including phenoxy) is 1. The fourth-order valence-electron chi connectivity index (χ4n) is 0.797. The van der Waals surface area contributed by atoms with Crippen molar-refractivity contribution in [3.63, 3.8) is 0 Å². The minimum Gasteiger partial charge on any atom is -0.384 e. The van der Waals surface area contributed by atoms with E-state index in [0.29, 0.717) is 5.92 Å². The Morgan fingerprint density at radius 2 is 2.31 bits per heavy atom. The van der Waals surface area contributed by atoms with Crippen LogP contribution >= 0.6 is 11.8 Å². The second-order valence-corrected chi connectivity index (χ2v) is 4.06. The topological polar surface area (TPSA) is 50.8 Å². The Morgan fingerprint density at radius 1 is 1.54 bits per heavy atom. The summed E-state index contributed by atoms with van der Waals surface area (Å²) in [6.07, 6.45) is 0. The van der Waals surface area contributed by atoms with Crippen LogP contribution < -0.4 is 0 Å². The molecule has 0 unspecified atom stereocenters. The van der Waals surface area contributed by atoms with Gasteiger partial charge in [-0.1, -0.05) is 25.6 Å². The van der Waals surface area contributed by atoms with Gasteiger partial charge in [0, 0.05) is 18.8 Å². The van der Waals surface area contributed by atoms with E-state index in [1.165, 1.54) is 0 Å². The first-order valence-corrected chi connectivity index (χ1v) is 5.26. The molecule has 0 saturated carbocycles. The van der Waals surface area contributed by atoms with Crippen LogP contribution in [0.4, 0.5) is 0 Å². The van der Waals surface area contributed by atoms with Gasteiger partial charge < -0.3 is 4.74 Å². The van der Waals surface area contributed by atoms with Crippen LogP contribution in [0.3, 0.4) is 0 Å². The van der Waals surface area contributed by atoms with Gasteiger partial charge >= 0.3 is 0 Å². The predicted octanol–water partition coefficient (Wildman–Crippen LogP) is 1.67. The largest absolute Gasteiger partial charge is 0.384 e. The molecular weight excluding hydrogens is 186 g/mol. The highest BCUT2D eigenvalue weighted by molar-refractivity contribution is 7.99. The van der Waals surface area contributed by atoms with Crippen LogP contribution in [-0.2, 0) is 4.74 Å². The van der Waals surface area contributed by atoms with E-state index in [1.54, 1.807) is 18.9 Å². The third kappa shape index (κ3) is 3.36. The third-order valence-electron chi connectivity index (χ3n) is 1.55. The number of H-pyrrole nitrogens is 1. The lowest BCUT2D eigenvalue weighted by Gasteiger charge is -1.95. The molecule has 1 heterocycles. The van der Waals surface area contributed by atoms with Crippen LogP contribution in [-0.4, -0.2) is 34.7 Å². The molecule has 1 aromatic rings. The van der Waals surface area contributed by atoms with Gasteiger partial charge in [-0.15, -0.1) is 5.10 Å². The number of nitrogens with zero attached hydrogens (tertiary/aromatic N) is 2. The molecule has 0 saturated heterocycles. The van der Waals surface area contributed by atoms with Crippen molar-refractivity contribution in [2.24, 2.45) is 0 Å². The zero-order chi connectivity index (χ0) is 9.68. The molecule has 0 spiro atoms. The van der Waals surface area contributed by atoms with Crippen molar-refractivity contribution in [3.8, 4) is 0 Å². The summed E-state index contributed by atoms with van der Waals surface area (Å²) in [4.78, 5) is 4.32. The maximum atomic E-state index is 4.93. The van der Waals surface area contributed by atoms with Gasteiger partial charge in [-0.3, -0.25) is 5.10 Å². The van der Waals surface area contributed by atoms with E-state index < -0.39 is 0 Å². The normalized spacial score (nSPS) is 11.1. The van der Waals surface area contributed by atoms with Gasteiger partial charge in [-0.05, 0) is 0 Å². The van der Waals surface area contributed by atoms with Crippen LogP contribution in [0.15, 0.2) is 5.16 Å². The Balaban J connectivity index is 2.40. The summed E-state index contributed by atoms with van der Waals surface area (Å²) in [5.41, 5.74) is 0. The van der Waals surface area contributed by atoms with E-state index in [2.05, 4.69) is 29.0 Å². The van der Waals surface area contributed by atoms with Gasteiger partial charge in [-0.2, -0.15) is 0 Å². The summed E-state index contributed by atoms with van der Waals surface area (Å²) in [6, 6.07) is 0. The number of thioether (sulfide) groups is 1. The van der Waals surface area contributed by atoms with E-state index in [-0.39, 0.29) is 0 Å². The summed E-state index contributed by atoms with van der Waals surface area (Å²) in [5.74, 6) is 2.25. The molecule has 0 radical (unpaired) electrons. The Kier molecular flexibility index (Phi) is 4.24. The zero-order valence-electron chi connectivity index (χ0n) is 8.20. The first-order chi connectivity index (χ1) is 6.24. The molecule has 0 bridgehead atoms. The smallest absolute Gasteiger partial charge is 0.208 e. The number of hydrogen-bond donors (Lipinski definition) is 1. The van der Waals surface area contributed by atoms with Crippen LogP contribution in [0, 0.1) is 0 Å². The van der Waals surface area contributed by atoms with Gasteiger partial charge in [0.2, 0.25) is 5.16 Å². The highest BCUT2D eigenvalue weighted by atomic mass is 32.2. The lowest BCUT2D eigenvalue weighted by atomic mass is 10.2. The lowest BCUT2D eigenvalue weighted by molar-refractivity contribution is 0.218. The van der Waals surface area contributed by atoms with Crippen molar-refractivity contribution in [2.75, 3.05) is 19.5 Å². The summed E-state index contributed by atoms with van der Waals surface area (Å²) in [7, 11) is 1.69. The second kappa shape index (κ2) is 5.24. The number of rotatable bonds is 5. The van der Waals surface area contributed by atoms with Crippen molar-refractivity contribution in [3.05, 3.63) is 5.82 Å². The molecule has 5 heteroatoms. The molecule has 0 aliphatic rings. The lowest BCUT2D eigenvalue weighted by Crippen LogP contribution is -1.92. The molecule has 13 heavy (non-hydrogen) atoms. The Labute approximate surface area is 82.5 Å². The molecular formula is C8H15N3OS. The maximum absolute atomic E-state index is 4.93. The minimum atomic E-state index is 0.407. The molecule has 1 rings (SSSR count). The highest BCUT2D eigenvalue weighted by Gasteiger charge is 2.06. The van der Waals surface area contributed by atoms with Gasteiger partial charge in [0.25, 0.3) is 0 Å². The van der Waals surface area contributed by atoms with E-state index in [9.17, 15) is 0 Å². The molecule has 74 valence electrons. The monoisotopic (exact) mass is 201 g/mol. The van der Waals surface area contributed by atoms with Crippen molar-refractivity contribution in [2.45, 2.75) is 24.9 Å². The predicted molar refractivity (Wildman–Crippen MR) is 53.1 cm³/mol. The van der Waals surface area contributed by atoms with Crippen molar-refractivity contribution < 1.29 is 4.74 Å². The van der Waals surface area contributed by atoms with Crippen LogP contribution in [0.1, 0.15) is 25.6 Å². The molecule has 0 aromatic carbocycles. The standard InChI is InChI=1S/C8H15N3OS/c1-6(2)7-9-8(11-10-7)13-5-4-12-3/h6H,4-5H2,1-3H3,(H,9,10,11). The number of aromatic nitrogens is 3. The van der Waals surface area contributed by atoms with Crippen molar-refractivity contribution in [1.82, 2.24) is 15.2 Å². The third-order valence-corrected chi connectivity index (χ3v) is 2.36. The molecule has 0 atom stereocenters. The first kappa shape index (κ1) is 10.5. The molecule has 0 aliphatic carbocycles. The Bertz CT molecular complexity index is 249. The molecule has 0 fully saturated rings. The van der Waals surface area contributed by atoms with E-state index in [1.807, 2.05) is 0 Å². The summed E-state index contributed by atoms with van der Waals surface area (Å²) in [5, 5.41) is 7.80. The molecule has 1 aromatic heterocycles. The number of methoxy groups -OCH3 is 1. The minimum absolute atomic E-state index is 0.407. The average molecular weight is 201 g/mol. The Hall–Kier alpha value is -0.550. The van der Waals surface area contributed by atoms with Gasteiger partial charge in [0.05, 0.1) is 6.61 Å². The van der Waals surface area contributed by atoms with Crippen LogP contribution in [0.25, 0.3) is 0 Å². The van der Waals surface area contributed by atoms with Crippen LogP contribution in [0.2, 0.25) is 0 Å². The summed E-state index contributed by atoms with van der Waals surface area (Å²) < 4.78 is 4.93. The van der Waals surface area contributed by atoms with Crippen molar-refractivity contribution in [1.29, 1.82) is 0 Å². The quantitative estimate of drug-likeness (QED) is 0.581. The van der Waals surface area contributed by atoms with Gasteiger partial charge in [0.1, 0.15) is 5.82 Å². The summed E-state index contributed by atoms with van der Waals surface area (Å²) >= 11 is 1.60. The Morgan fingerprint density at radius 3 is 2.85 bits per heavy atom. The molecule has 0 amide bonds. The molecule has 1 N–H and O–H groups in total. The van der Waals surface area contributed by atoms with Gasteiger partial charge in [0.15, 0.2) is 0 Å². The maximum Gasteiger partial charge on any atom is 0.208 e. The van der Waals surface area contributed by atoms with Crippen molar-refractivity contribution >= 4 is 11.8 Å². The van der Waals surface area contributed by atoms with Gasteiger partial charge in [-0.25, -0.2) is 4.98 Å². The number of aromatic amines is 1. The zero-order valence-corrected chi connectivity index (χ0v) is 9.02. The summed E-state index contributed by atoms with van der Waals surface area (Å²) in [6.45, 7) is 4.91. The van der Waals surface area contributed by atoms with E-state index in [4.69, 9.17) is 4.74 Å². The number of hydrogen-bond acceptors (Lipinski definition) is 4. The molecule has 0 aliphatic heterocycles. The van der Waals surface area contributed by atoms with E-state index in [0.717, 1.165) is 23.3 Å². The SMILES string of the molecule is COCCSc1n[nH]c(C(C)C)n1. The average Bonchev–Trinajstić information content (AvgIpc) is 2.53.